The molecule has 0 saturated heterocycles. The number of hydrogen-bond donors (Lipinski definition) is 0. The highest BCUT2D eigenvalue weighted by molar-refractivity contribution is 5.03. The fourth-order valence-corrected chi connectivity index (χ4v) is 1.35. The van der Waals surface area contributed by atoms with E-state index in [1.165, 1.54) is 18.5 Å². The molecule has 1 rings (SSSR count). The van der Waals surface area contributed by atoms with Gasteiger partial charge in [0.25, 0.3) is 0 Å². The number of aryl methyl sites for hydroxylation is 1. The van der Waals surface area contributed by atoms with Gasteiger partial charge in [-0.3, -0.25) is 4.98 Å². The van der Waals surface area contributed by atoms with Gasteiger partial charge in [0, 0.05) is 11.9 Å². The van der Waals surface area contributed by atoms with Gasteiger partial charge in [0.05, 0.1) is 0 Å². The fraction of sp³-hybridized carbons (Fsp3) is 0.583. The molecule has 0 saturated carbocycles. The standard InChI is InChI=1S/C12H19N/c1-12(2,3)9-6-8-11-7-4-5-10-13-11/h4-5,7,10H,6,8-9H2,1-3H3. The predicted molar refractivity (Wildman–Crippen MR) is 56.6 cm³/mol. The Morgan fingerprint density at radius 1 is 1.23 bits per heavy atom. The average Bonchev–Trinajstić information content (AvgIpc) is 2.04. The van der Waals surface area contributed by atoms with Gasteiger partial charge in [-0.2, -0.15) is 0 Å². The Balaban J connectivity index is 2.29. The van der Waals surface area contributed by atoms with Crippen LogP contribution in [-0.2, 0) is 6.42 Å². The Kier molecular flexibility index (Phi) is 3.47. The molecule has 0 N–H and O–H groups in total. The van der Waals surface area contributed by atoms with Crippen molar-refractivity contribution >= 4 is 0 Å². The van der Waals surface area contributed by atoms with Gasteiger partial charge in [0.2, 0.25) is 0 Å². The topological polar surface area (TPSA) is 12.9 Å². The van der Waals surface area contributed by atoms with Crippen molar-refractivity contribution in [2.24, 2.45) is 5.41 Å². The second kappa shape index (κ2) is 4.40. The monoisotopic (exact) mass is 177 g/mol. The molecule has 1 nitrogen and oxygen atoms in total. The van der Waals surface area contributed by atoms with Crippen molar-refractivity contribution in [1.29, 1.82) is 0 Å². The van der Waals surface area contributed by atoms with Crippen molar-refractivity contribution in [2.75, 3.05) is 0 Å². The van der Waals surface area contributed by atoms with Crippen molar-refractivity contribution in [3.63, 3.8) is 0 Å². The van der Waals surface area contributed by atoms with E-state index in [1.54, 1.807) is 0 Å². The molecule has 0 radical (unpaired) electrons. The third-order valence-electron chi connectivity index (χ3n) is 2.09. The average molecular weight is 177 g/mol. The van der Waals surface area contributed by atoms with Crippen LogP contribution in [0.2, 0.25) is 0 Å². The Morgan fingerprint density at radius 3 is 2.54 bits per heavy atom. The zero-order valence-electron chi connectivity index (χ0n) is 8.88. The lowest BCUT2D eigenvalue weighted by Gasteiger charge is -2.17. The molecule has 1 aromatic rings. The smallest absolute Gasteiger partial charge is 0.0403 e. The van der Waals surface area contributed by atoms with Gasteiger partial charge in [0.1, 0.15) is 0 Å². The Hall–Kier alpha value is -0.850. The molecule has 0 amide bonds. The van der Waals surface area contributed by atoms with E-state index in [1.807, 2.05) is 12.3 Å². The first-order chi connectivity index (χ1) is 6.08. The minimum Gasteiger partial charge on any atom is -0.261 e. The molecular weight excluding hydrogens is 158 g/mol. The van der Waals surface area contributed by atoms with E-state index in [2.05, 4.69) is 37.9 Å². The lowest BCUT2D eigenvalue weighted by Crippen LogP contribution is -2.05. The molecule has 0 atom stereocenters. The molecule has 72 valence electrons. The summed E-state index contributed by atoms with van der Waals surface area (Å²) in [5, 5.41) is 0. The second-order valence-electron chi connectivity index (χ2n) is 4.74. The van der Waals surface area contributed by atoms with Crippen molar-refractivity contribution in [3.8, 4) is 0 Å². The third-order valence-corrected chi connectivity index (χ3v) is 2.09. The molecule has 0 bridgehead atoms. The summed E-state index contributed by atoms with van der Waals surface area (Å²) < 4.78 is 0. The number of rotatable bonds is 3. The zero-order valence-corrected chi connectivity index (χ0v) is 8.88. The molecule has 13 heavy (non-hydrogen) atoms. The van der Waals surface area contributed by atoms with Crippen molar-refractivity contribution in [1.82, 2.24) is 4.98 Å². The van der Waals surface area contributed by atoms with Gasteiger partial charge in [-0.1, -0.05) is 26.8 Å². The molecular formula is C12H19N. The summed E-state index contributed by atoms with van der Waals surface area (Å²) in [4.78, 5) is 4.30. The Labute approximate surface area is 81.2 Å². The summed E-state index contributed by atoms with van der Waals surface area (Å²) in [5.74, 6) is 0. The summed E-state index contributed by atoms with van der Waals surface area (Å²) in [5.41, 5.74) is 1.67. The quantitative estimate of drug-likeness (QED) is 0.689. The van der Waals surface area contributed by atoms with Crippen LogP contribution >= 0.6 is 0 Å². The molecule has 0 aromatic carbocycles. The highest BCUT2D eigenvalue weighted by Gasteiger charge is 2.09. The van der Waals surface area contributed by atoms with E-state index in [0.717, 1.165) is 6.42 Å². The first-order valence-electron chi connectivity index (χ1n) is 4.98. The van der Waals surface area contributed by atoms with E-state index in [-0.39, 0.29) is 0 Å². The maximum absolute atomic E-state index is 4.30. The fourth-order valence-electron chi connectivity index (χ4n) is 1.35. The van der Waals surface area contributed by atoms with Crippen LogP contribution in [0.3, 0.4) is 0 Å². The second-order valence-corrected chi connectivity index (χ2v) is 4.74. The van der Waals surface area contributed by atoms with Crippen molar-refractivity contribution in [2.45, 2.75) is 40.0 Å². The van der Waals surface area contributed by atoms with Gasteiger partial charge in [-0.05, 0) is 36.8 Å². The van der Waals surface area contributed by atoms with Crippen molar-refractivity contribution < 1.29 is 0 Å². The van der Waals surface area contributed by atoms with Crippen LogP contribution in [0.1, 0.15) is 39.3 Å². The zero-order chi connectivity index (χ0) is 9.73. The number of pyridine rings is 1. The summed E-state index contributed by atoms with van der Waals surface area (Å²) >= 11 is 0. The van der Waals surface area contributed by atoms with Gasteiger partial charge in [-0.15, -0.1) is 0 Å². The third kappa shape index (κ3) is 4.66. The lowest BCUT2D eigenvalue weighted by molar-refractivity contribution is 0.365. The summed E-state index contributed by atoms with van der Waals surface area (Å²) in [6, 6.07) is 6.12. The number of hydrogen-bond acceptors (Lipinski definition) is 1. The molecule has 1 heterocycles. The van der Waals surface area contributed by atoms with Gasteiger partial charge >= 0.3 is 0 Å². The minimum atomic E-state index is 0.453. The van der Waals surface area contributed by atoms with E-state index in [4.69, 9.17) is 0 Å². The predicted octanol–water partition coefficient (Wildman–Crippen LogP) is 3.45. The van der Waals surface area contributed by atoms with E-state index < -0.39 is 0 Å². The molecule has 0 aliphatic rings. The highest BCUT2D eigenvalue weighted by atomic mass is 14.7. The van der Waals surface area contributed by atoms with Crippen LogP contribution in [0.4, 0.5) is 0 Å². The molecule has 0 aliphatic carbocycles. The number of aromatic nitrogens is 1. The van der Waals surface area contributed by atoms with Gasteiger partial charge in [-0.25, -0.2) is 0 Å². The van der Waals surface area contributed by atoms with Crippen LogP contribution in [-0.4, -0.2) is 4.98 Å². The molecule has 0 fully saturated rings. The maximum Gasteiger partial charge on any atom is 0.0403 e. The SMILES string of the molecule is CC(C)(C)CCCc1ccccn1. The summed E-state index contributed by atoms with van der Waals surface area (Å²) in [6.07, 6.45) is 5.48. The van der Waals surface area contributed by atoms with Crippen LogP contribution in [0.15, 0.2) is 24.4 Å². The normalized spacial score (nSPS) is 11.6. The lowest BCUT2D eigenvalue weighted by atomic mass is 9.89. The highest BCUT2D eigenvalue weighted by Crippen LogP contribution is 2.21. The molecule has 0 unspecified atom stereocenters. The minimum absolute atomic E-state index is 0.453. The van der Waals surface area contributed by atoms with Gasteiger partial charge in [0.15, 0.2) is 0 Å². The molecule has 0 spiro atoms. The van der Waals surface area contributed by atoms with Crippen LogP contribution in [0.25, 0.3) is 0 Å². The van der Waals surface area contributed by atoms with E-state index >= 15 is 0 Å². The maximum atomic E-state index is 4.30. The first kappa shape index (κ1) is 10.2. The van der Waals surface area contributed by atoms with Gasteiger partial charge < -0.3 is 0 Å². The summed E-state index contributed by atoms with van der Waals surface area (Å²) in [7, 11) is 0. The van der Waals surface area contributed by atoms with E-state index in [0.29, 0.717) is 5.41 Å². The van der Waals surface area contributed by atoms with Crippen LogP contribution in [0.5, 0.6) is 0 Å². The van der Waals surface area contributed by atoms with E-state index in [9.17, 15) is 0 Å². The molecule has 1 heteroatoms. The Morgan fingerprint density at radius 2 is 2.00 bits per heavy atom. The molecule has 0 aliphatic heterocycles. The number of nitrogens with zero attached hydrogens (tertiary/aromatic N) is 1. The first-order valence-corrected chi connectivity index (χ1v) is 4.98. The van der Waals surface area contributed by atoms with Crippen molar-refractivity contribution in [3.05, 3.63) is 30.1 Å². The van der Waals surface area contributed by atoms with Crippen LogP contribution < -0.4 is 0 Å². The Bertz CT molecular complexity index is 233. The van der Waals surface area contributed by atoms with Crippen LogP contribution in [0, 0.1) is 5.41 Å². The molecule has 1 aromatic heterocycles. The largest absolute Gasteiger partial charge is 0.261 e. The summed E-state index contributed by atoms with van der Waals surface area (Å²) in [6.45, 7) is 6.85.